The van der Waals surface area contributed by atoms with Crippen LogP contribution in [0.1, 0.15) is 50.8 Å². The molecule has 0 bridgehead atoms. The summed E-state index contributed by atoms with van der Waals surface area (Å²) in [6.07, 6.45) is 3.36. The van der Waals surface area contributed by atoms with E-state index in [-0.39, 0.29) is 11.8 Å². The van der Waals surface area contributed by atoms with Crippen LogP contribution in [0, 0.1) is 0 Å². The van der Waals surface area contributed by atoms with E-state index in [1.165, 1.54) is 28.5 Å². The van der Waals surface area contributed by atoms with Crippen molar-refractivity contribution in [1.82, 2.24) is 15.1 Å². The summed E-state index contributed by atoms with van der Waals surface area (Å²) in [4.78, 5) is 30.8. The van der Waals surface area contributed by atoms with Crippen LogP contribution in [-0.2, 0) is 0 Å². The minimum absolute atomic E-state index is 0.109. The molecule has 6 rings (SSSR count). The summed E-state index contributed by atoms with van der Waals surface area (Å²) >= 11 is 1.66. The maximum atomic E-state index is 13.3. The lowest BCUT2D eigenvalue weighted by molar-refractivity contribution is 0.0556. The lowest BCUT2D eigenvalue weighted by Crippen LogP contribution is -2.62. The molecule has 1 aromatic heterocycles. The Kier molecular flexibility index (Phi) is 5.00. The maximum Gasteiger partial charge on any atom is 0.264 e. The van der Waals surface area contributed by atoms with Gasteiger partial charge in [0, 0.05) is 48.5 Å². The minimum Gasteiger partial charge on any atom is -0.337 e. The van der Waals surface area contributed by atoms with Crippen LogP contribution in [0.4, 0.5) is 0 Å². The number of hydrogen-bond donors (Lipinski definition) is 1. The monoisotopic (exact) mass is 445 g/mol. The maximum absolute atomic E-state index is 13.3. The van der Waals surface area contributed by atoms with Crippen molar-refractivity contribution >= 4 is 33.2 Å². The summed E-state index contributed by atoms with van der Waals surface area (Å²) in [5.41, 5.74) is 2.04. The summed E-state index contributed by atoms with van der Waals surface area (Å²) in [5, 5.41) is 4.95. The number of benzene rings is 2. The predicted molar refractivity (Wildman–Crippen MR) is 127 cm³/mol. The van der Waals surface area contributed by atoms with Crippen LogP contribution in [-0.4, -0.2) is 59.9 Å². The number of likely N-dealkylation sites (tertiary alicyclic amines) is 2. The first-order valence-corrected chi connectivity index (χ1v) is 12.4. The zero-order chi connectivity index (χ0) is 21.7. The summed E-state index contributed by atoms with van der Waals surface area (Å²) in [5.74, 6) is 0.864. The average molecular weight is 446 g/mol. The first-order chi connectivity index (χ1) is 15.7. The van der Waals surface area contributed by atoms with Crippen LogP contribution >= 0.6 is 11.3 Å². The van der Waals surface area contributed by atoms with Gasteiger partial charge in [0.15, 0.2) is 0 Å². The Morgan fingerprint density at radius 3 is 2.31 bits per heavy atom. The molecule has 2 aromatic carbocycles. The van der Waals surface area contributed by atoms with E-state index < -0.39 is 0 Å². The zero-order valence-electron chi connectivity index (χ0n) is 18.0. The van der Waals surface area contributed by atoms with Crippen LogP contribution < -0.4 is 5.32 Å². The number of carbonyl (C=O) groups is 2. The summed E-state index contributed by atoms with van der Waals surface area (Å²) in [6.45, 7) is 3.02. The van der Waals surface area contributed by atoms with Crippen molar-refractivity contribution < 1.29 is 9.59 Å². The quantitative estimate of drug-likeness (QED) is 0.643. The van der Waals surface area contributed by atoms with E-state index in [0.29, 0.717) is 18.0 Å². The Balaban J connectivity index is 1.06. The molecule has 1 aliphatic carbocycles. The van der Waals surface area contributed by atoms with Gasteiger partial charge in [-0.2, -0.15) is 0 Å². The van der Waals surface area contributed by atoms with Crippen molar-refractivity contribution in [2.24, 2.45) is 0 Å². The van der Waals surface area contributed by atoms with Gasteiger partial charge in [-0.3, -0.25) is 9.59 Å². The number of nitrogens with zero attached hydrogens (tertiary/aromatic N) is 2. The minimum atomic E-state index is 0.109. The van der Waals surface area contributed by atoms with Crippen LogP contribution in [0.5, 0.6) is 0 Å². The molecule has 3 aliphatic rings. The second-order valence-corrected chi connectivity index (χ2v) is 10.3. The third kappa shape index (κ3) is 3.61. The Morgan fingerprint density at radius 1 is 0.812 bits per heavy atom. The highest BCUT2D eigenvalue weighted by atomic mass is 32.1. The van der Waals surface area contributed by atoms with Crippen molar-refractivity contribution in [3.05, 3.63) is 70.6 Å². The molecule has 1 unspecified atom stereocenters. The Bertz CT molecular complexity index is 1160. The smallest absolute Gasteiger partial charge is 0.264 e. The first kappa shape index (κ1) is 19.9. The molecule has 6 heteroatoms. The topological polar surface area (TPSA) is 52.7 Å². The van der Waals surface area contributed by atoms with Gasteiger partial charge in [0.2, 0.25) is 0 Å². The highest BCUT2D eigenvalue weighted by molar-refractivity contribution is 7.21. The SMILES string of the molecule is O=C(c1ccccc1)N1CCC(NC2CN(C(=O)c3sc4ccccc4c3C3CC3)C2)C1. The van der Waals surface area contributed by atoms with Crippen molar-refractivity contribution in [3.63, 3.8) is 0 Å². The van der Waals surface area contributed by atoms with Gasteiger partial charge in [0.25, 0.3) is 11.8 Å². The Labute approximate surface area is 192 Å². The molecular formula is C26H27N3O2S. The molecule has 2 aliphatic heterocycles. The first-order valence-electron chi connectivity index (χ1n) is 11.6. The lowest BCUT2D eigenvalue weighted by atomic mass is 10.0. The lowest BCUT2D eigenvalue weighted by Gasteiger charge is -2.41. The molecule has 5 nitrogen and oxygen atoms in total. The van der Waals surface area contributed by atoms with E-state index in [1.807, 2.05) is 40.1 Å². The van der Waals surface area contributed by atoms with Gasteiger partial charge in [-0.1, -0.05) is 36.4 Å². The fourth-order valence-electron chi connectivity index (χ4n) is 5.07. The number of amides is 2. The van der Waals surface area contributed by atoms with Gasteiger partial charge in [-0.15, -0.1) is 11.3 Å². The van der Waals surface area contributed by atoms with Crippen molar-refractivity contribution in [1.29, 1.82) is 0 Å². The second kappa shape index (κ2) is 8.01. The van der Waals surface area contributed by atoms with Gasteiger partial charge in [0.05, 0.1) is 4.88 Å². The largest absolute Gasteiger partial charge is 0.337 e. The molecule has 1 N–H and O–H groups in total. The predicted octanol–water partition coefficient (Wildman–Crippen LogP) is 4.11. The molecule has 2 saturated heterocycles. The molecule has 32 heavy (non-hydrogen) atoms. The second-order valence-electron chi connectivity index (χ2n) is 9.29. The molecule has 1 saturated carbocycles. The molecule has 0 spiro atoms. The summed E-state index contributed by atoms with van der Waals surface area (Å²) in [7, 11) is 0. The fourth-order valence-corrected chi connectivity index (χ4v) is 6.33. The highest BCUT2D eigenvalue weighted by Crippen LogP contribution is 2.48. The molecular weight excluding hydrogens is 418 g/mol. The van der Waals surface area contributed by atoms with Gasteiger partial charge in [-0.25, -0.2) is 0 Å². The van der Waals surface area contributed by atoms with Crippen LogP contribution in [0.25, 0.3) is 10.1 Å². The van der Waals surface area contributed by atoms with Gasteiger partial charge >= 0.3 is 0 Å². The fraction of sp³-hybridized carbons (Fsp3) is 0.385. The molecule has 1 atom stereocenters. The van der Waals surface area contributed by atoms with E-state index in [4.69, 9.17) is 0 Å². The van der Waals surface area contributed by atoms with E-state index in [2.05, 4.69) is 29.6 Å². The van der Waals surface area contributed by atoms with Crippen LogP contribution in [0.2, 0.25) is 0 Å². The van der Waals surface area contributed by atoms with E-state index in [0.717, 1.165) is 43.0 Å². The number of rotatable bonds is 5. The van der Waals surface area contributed by atoms with Crippen LogP contribution in [0.15, 0.2) is 54.6 Å². The number of thiophene rings is 1. The average Bonchev–Trinajstić information content (AvgIpc) is 3.39. The van der Waals surface area contributed by atoms with E-state index >= 15 is 0 Å². The molecule has 2 amide bonds. The van der Waals surface area contributed by atoms with Crippen molar-refractivity contribution in [2.75, 3.05) is 26.2 Å². The Morgan fingerprint density at radius 2 is 1.53 bits per heavy atom. The third-order valence-electron chi connectivity index (χ3n) is 6.95. The normalized spacial score (nSPS) is 21.2. The number of fused-ring (bicyclic) bond motifs is 1. The van der Waals surface area contributed by atoms with Crippen molar-refractivity contribution in [2.45, 2.75) is 37.3 Å². The molecule has 3 heterocycles. The number of nitrogens with one attached hydrogen (secondary N) is 1. The number of carbonyl (C=O) groups excluding carboxylic acids is 2. The van der Waals surface area contributed by atoms with Gasteiger partial charge in [-0.05, 0) is 54.3 Å². The molecule has 0 radical (unpaired) electrons. The standard InChI is InChI=1S/C26H27N3O2S/c30-25(18-6-2-1-3-7-18)28-13-12-19(14-28)27-20-15-29(16-20)26(31)24-23(17-10-11-17)21-8-4-5-9-22(21)32-24/h1-9,17,19-20,27H,10-16H2. The van der Waals surface area contributed by atoms with Crippen LogP contribution in [0.3, 0.4) is 0 Å². The van der Waals surface area contributed by atoms with E-state index in [1.54, 1.807) is 11.3 Å². The molecule has 3 aromatic rings. The number of hydrogen-bond acceptors (Lipinski definition) is 4. The van der Waals surface area contributed by atoms with Gasteiger partial charge < -0.3 is 15.1 Å². The van der Waals surface area contributed by atoms with Gasteiger partial charge in [0.1, 0.15) is 0 Å². The Hall–Kier alpha value is -2.70. The van der Waals surface area contributed by atoms with E-state index in [9.17, 15) is 9.59 Å². The molecule has 3 fully saturated rings. The molecule has 164 valence electrons. The third-order valence-corrected chi connectivity index (χ3v) is 8.12. The summed E-state index contributed by atoms with van der Waals surface area (Å²) < 4.78 is 1.22. The zero-order valence-corrected chi connectivity index (χ0v) is 18.8. The highest BCUT2D eigenvalue weighted by Gasteiger charge is 2.38. The van der Waals surface area contributed by atoms with Crippen molar-refractivity contribution in [3.8, 4) is 0 Å². The summed E-state index contributed by atoms with van der Waals surface area (Å²) in [6, 6.07) is 18.5.